The highest BCUT2D eigenvalue weighted by molar-refractivity contribution is 6.31. The van der Waals surface area contributed by atoms with Crippen LogP contribution in [0.1, 0.15) is 27.2 Å². The van der Waals surface area contributed by atoms with Gasteiger partial charge in [-0.2, -0.15) is 5.10 Å². The third-order valence-electron chi connectivity index (χ3n) is 5.25. The van der Waals surface area contributed by atoms with Crippen molar-refractivity contribution in [1.29, 1.82) is 0 Å². The number of nitrogens with one attached hydrogen (secondary N) is 1. The van der Waals surface area contributed by atoms with E-state index in [1.165, 1.54) is 0 Å². The first-order chi connectivity index (χ1) is 16.4. The Morgan fingerprint density at radius 3 is 2.50 bits per heavy atom. The van der Waals surface area contributed by atoms with Gasteiger partial charge in [-0.05, 0) is 61.0 Å². The van der Waals surface area contributed by atoms with E-state index in [0.717, 1.165) is 16.8 Å². The number of hydrogen-bond acceptors (Lipinski definition) is 4. The number of carbonyl (C=O) groups is 1. The third kappa shape index (κ3) is 5.71. The fourth-order valence-corrected chi connectivity index (χ4v) is 3.75. The Kier molecular flexibility index (Phi) is 7.40. The van der Waals surface area contributed by atoms with Gasteiger partial charge in [0.05, 0.1) is 13.7 Å². The number of benzene rings is 3. The number of ether oxygens (including phenoxy) is 2. The summed E-state index contributed by atoms with van der Waals surface area (Å²) in [6, 6.07) is 21.7. The molecule has 0 aliphatic carbocycles. The maximum absolute atomic E-state index is 12.9. The molecule has 3 aromatic carbocycles. The first-order valence-electron chi connectivity index (χ1n) is 10.6. The van der Waals surface area contributed by atoms with E-state index in [4.69, 9.17) is 32.7 Å². The first-order valence-corrected chi connectivity index (χ1v) is 11.3. The van der Waals surface area contributed by atoms with Crippen LogP contribution in [0.3, 0.4) is 0 Å². The predicted octanol–water partition coefficient (Wildman–Crippen LogP) is 6.39. The lowest BCUT2D eigenvalue weighted by Gasteiger charge is -2.12. The molecule has 1 aromatic heterocycles. The van der Waals surface area contributed by atoms with Crippen LogP contribution in [-0.2, 0) is 13.2 Å². The zero-order valence-corrected chi connectivity index (χ0v) is 20.2. The zero-order valence-electron chi connectivity index (χ0n) is 18.7. The highest BCUT2D eigenvalue weighted by atomic mass is 35.5. The Morgan fingerprint density at radius 1 is 1.00 bits per heavy atom. The Labute approximate surface area is 208 Å². The van der Waals surface area contributed by atoms with Crippen molar-refractivity contribution in [3.8, 4) is 11.5 Å². The summed E-state index contributed by atoms with van der Waals surface area (Å²) >= 11 is 12.2. The highest BCUT2D eigenvalue weighted by Gasteiger charge is 2.14. The number of nitrogens with zero attached hydrogens (tertiary/aromatic N) is 2. The topological polar surface area (TPSA) is 65.4 Å². The van der Waals surface area contributed by atoms with Crippen LogP contribution in [0.4, 0.5) is 5.82 Å². The van der Waals surface area contributed by atoms with Gasteiger partial charge < -0.3 is 14.8 Å². The SMILES string of the molecule is COc1ccc(C(=O)Nc2cc(C)n(Cc3ccccc3Cl)n2)cc1COc1ccc(Cl)cc1. The number of halogens is 2. The molecule has 0 atom stereocenters. The van der Waals surface area contributed by atoms with Crippen molar-refractivity contribution in [3.05, 3.63) is 105 Å². The molecule has 174 valence electrons. The molecule has 6 nitrogen and oxygen atoms in total. The van der Waals surface area contributed by atoms with E-state index < -0.39 is 0 Å². The molecular formula is C26H23Cl2N3O3. The number of hydrogen-bond donors (Lipinski definition) is 1. The van der Waals surface area contributed by atoms with E-state index in [9.17, 15) is 4.79 Å². The summed E-state index contributed by atoms with van der Waals surface area (Å²) in [5, 5.41) is 8.69. The summed E-state index contributed by atoms with van der Waals surface area (Å²) in [5.74, 6) is 1.48. The lowest BCUT2D eigenvalue weighted by molar-refractivity contribution is 0.102. The molecule has 34 heavy (non-hydrogen) atoms. The third-order valence-corrected chi connectivity index (χ3v) is 5.87. The predicted molar refractivity (Wildman–Crippen MR) is 134 cm³/mol. The molecule has 4 aromatic rings. The van der Waals surface area contributed by atoms with Gasteiger partial charge in [0, 0.05) is 32.9 Å². The molecule has 0 radical (unpaired) electrons. The summed E-state index contributed by atoms with van der Waals surface area (Å²) in [4.78, 5) is 12.9. The molecule has 0 unspecified atom stereocenters. The monoisotopic (exact) mass is 495 g/mol. The van der Waals surface area contributed by atoms with Crippen LogP contribution in [0.15, 0.2) is 72.8 Å². The summed E-state index contributed by atoms with van der Waals surface area (Å²) < 4.78 is 13.1. The van der Waals surface area contributed by atoms with E-state index in [0.29, 0.717) is 39.5 Å². The van der Waals surface area contributed by atoms with Crippen LogP contribution in [0.5, 0.6) is 11.5 Å². The van der Waals surface area contributed by atoms with Gasteiger partial charge in [-0.25, -0.2) is 0 Å². The molecule has 1 amide bonds. The molecule has 0 spiro atoms. The number of carbonyl (C=O) groups excluding carboxylic acids is 1. The van der Waals surface area contributed by atoms with Gasteiger partial charge in [0.25, 0.3) is 5.91 Å². The van der Waals surface area contributed by atoms with Crippen LogP contribution in [-0.4, -0.2) is 22.8 Å². The minimum Gasteiger partial charge on any atom is -0.496 e. The second-order valence-corrected chi connectivity index (χ2v) is 8.49. The van der Waals surface area contributed by atoms with Gasteiger partial charge in [0.2, 0.25) is 0 Å². The van der Waals surface area contributed by atoms with Crippen molar-refractivity contribution in [3.63, 3.8) is 0 Å². The number of rotatable bonds is 8. The van der Waals surface area contributed by atoms with Gasteiger partial charge >= 0.3 is 0 Å². The Morgan fingerprint density at radius 2 is 1.76 bits per heavy atom. The maximum atomic E-state index is 12.9. The lowest BCUT2D eigenvalue weighted by Crippen LogP contribution is -2.14. The molecule has 0 aliphatic rings. The normalized spacial score (nSPS) is 10.7. The number of amides is 1. The molecule has 8 heteroatoms. The second-order valence-electron chi connectivity index (χ2n) is 7.64. The Bertz CT molecular complexity index is 1300. The van der Waals surface area contributed by atoms with Crippen molar-refractivity contribution in [1.82, 2.24) is 9.78 Å². The van der Waals surface area contributed by atoms with Crippen molar-refractivity contribution < 1.29 is 14.3 Å². The molecule has 0 fully saturated rings. The van der Waals surface area contributed by atoms with E-state index in [-0.39, 0.29) is 12.5 Å². The van der Waals surface area contributed by atoms with Crippen LogP contribution in [0, 0.1) is 6.92 Å². The number of aryl methyl sites for hydroxylation is 1. The van der Waals surface area contributed by atoms with E-state index in [2.05, 4.69) is 10.4 Å². The van der Waals surface area contributed by atoms with Crippen LogP contribution < -0.4 is 14.8 Å². The standard InChI is InChI=1S/C26H23Cl2N3O3/c1-17-13-25(30-31(17)15-19-5-3-4-6-23(19)28)29-26(32)18-7-12-24(33-2)20(14-18)16-34-22-10-8-21(27)9-11-22/h3-14H,15-16H2,1-2H3,(H,29,30,32). The second kappa shape index (κ2) is 10.6. The largest absolute Gasteiger partial charge is 0.496 e. The molecule has 0 saturated heterocycles. The molecule has 0 aliphatic heterocycles. The van der Waals surface area contributed by atoms with Crippen molar-refractivity contribution in [2.45, 2.75) is 20.1 Å². The van der Waals surface area contributed by atoms with Crippen molar-refractivity contribution in [2.24, 2.45) is 0 Å². The van der Waals surface area contributed by atoms with Gasteiger partial charge in [-0.3, -0.25) is 9.48 Å². The molecule has 1 N–H and O–H groups in total. The maximum Gasteiger partial charge on any atom is 0.256 e. The number of anilines is 1. The number of aromatic nitrogens is 2. The summed E-state index contributed by atoms with van der Waals surface area (Å²) in [6.07, 6.45) is 0. The van der Waals surface area contributed by atoms with E-state index >= 15 is 0 Å². The molecule has 0 saturated carbocycles. The lowest BCUT2D eigenvalue weighted by atomic mass is 10.1. The summed E-state index contributed by atoms with van der Waals surface area (Å²) in [7, 11) is 1.58. The molecule has 0 bridgehead atoms. The van der Waals surface area contributed by atoms with Crippen LogP contribution in [0.25, 0.3) is 0 Å². The van der Waals surface area contributed by atoms with E-state index in [1.807, 2.05) is 37.3 Å². The molecule has 4 rings (SSSR count). The van der Waals surface area contributed by atoms with Gasteiger partial charge in [-0.1, -0.05) is 41.4 Å². The number of methoxy groups -OCH3 is 1. The quantitative estimate of drug-likeness (QED) is 0.307. The fourth-order valence-electron chi connectivity index (χ4n) is 3.43. The van der Waals surface area contributed by atoms with Crippen molar-refractivity contribution in [2.75, 3.05) is 12.4 Å². The first kappa shape index (κ1) is 23.7. The molecule has 1 heterocycles. The van der Waals surface area contributed by atoms with Crippen LogP contribution in [0.2, 0.25) is 10.0 Å². The minimum absolute atomic E-state index is 0.234. The Balaban J connectivity index is 1.47. The summed E-state index contributed by atoms with van der Waals surface area (Å²) in [6.45, 7) is 2.67. The Hall–Kier alpha value is -3.48. The van der Waals surface area contributed by atoms with E-state index in [1.54, 1.807) is 54.3 Å². The average molecular weight is 496 g/mol. The van der Waals surface area contributed by atoms with Gasteiger partial charge in [-0.15, -0.1) is 0 Å². The fraction of sp³-hybridized carbons (Fsp3) is 0.154. The molecular weight excluding hydrogens is 473 g/mol. The zero-order chi connectivity index (χ0) is 24.1. The van der Waals surface area contributed by atoms with Gasteiger partial charge in [0.1, 0.15) is 18.1 Å². The summed E-state index contributed by atoms with van der Waals surface area (Å²) in [5.41, 5.74) is 3.06. The average Bonchev–Trinajstić information content (AvgIpc) is 3.18. The minimum atomic E-state index is -0.280. The van der Waals surface area contributed by atoms with Gasteiger partial charge in [0.15, 0.2) is 5.82 Å². The van der Waals surface area contributed by atoms with Crippen LogP contribution >= 0.6 is 23.2 Å². The highest BCUT2D eigenvalue weighted by Crippen LogP contribution is 2.24. The smallest absolute Gasteiger partial charge is 0.256 e. The van der Waals surface area contributed by atoms with Crippen molar-refractivity contribution >= 4 is 34.9 Å².